The van der Waals surface area contributed by atoms with Gasteiger partial charge in [0.05, 0.1) is 0 Å². The number of nitrogens with zero attached hydrogens (tertiary/aromatic N) is 1. The Morgan fingerprint density at radius 2 is 1.48 bits per heavy atom. The first-order chi connectivity index (χ1) is 9.84. The van der Waals surface area contributed by atoms with Crippen LogP contribution in [-0.4, -0.2) is 24.8 Å². The molecule has 107 valence electrons. The molecule has 0 aliphatic rings. The van der Waals surface area contributed by atoms with Crippen molar-refractivity contribution in [1.82, 2.24) is 4.98 Å². The van der Waals surface area contributed by atoms with Crippen molar-refractivity contribution in [2.24, 2.45) is 0 Å². The Labute approximate surface area is 139 Å². The standard InChI is InChI=1S/C13H9NO2.2C2H5.Ga/c15-11-7-3-1-5-9(11)13-14-10-6-2-4-8-12(10)16-13;2*1-2;/h1-8,15H;2*1H2,2H3;/p-1. The van der Waals surface area contributed by atoms with Crippen LogP contribution in [0.25, 0.3) is 22.6 Å². The maximum atomic E-state index is 11.6. The van der Waals surface area contributed by atoms with Gasteiger partial charge in [0, 0.05) is 25.4 Å². The van der Waals surface area contributed by atoms with Crippen LogP contribution in [0.4, 0.5) is 0 Å². The first-order valence-electron chi connectivity index (χ1n) is 6.38. The van der Waals surface area contributed by atoms with Crippen molar-refractivity contribution in [2.75, 3.05) is 0 Å². The van der Waals surface area contributed by atoms with Crippen molar-refractivity contribution in [1.29, 1.82) is 0 Å². The molecular weight excluding hydrogens is 320 g/mol. The summed E-state index contributed by atoms with van der Waals surface area (Å²) in [5.74, 6) is 0.306. The zero-order valence-corrected chi connectivity index (χ0v) is 14.8. The van der Waals surface area contributed by atoms with Gasteiger partial charge in [0.1, 0.15) is 5.52 Å². The summed E-state index contributed by atoms with van der Waals surface area (Å²) in [5, 5.41) is 11.6. The van der Waals surface area contributed by atoms with Crippen LogP contribution in [0.1, 0.15) is 13.8 Å². The molecule has 0 saturated carbocycles. The number of oxazole rings is 1. The molecule has 4 heteroatoms. The van der Waals surface area contributed by atoms with Gasteiger partial charge >= 0.3 is 0 Å². The van der Waals surface area contributed by atoms with Crippen LogP contribution >= 0.6 is 0 Å². The summed E-state index contributed by atoms with van der Waals surface area (Å²) in [5.41, 5.74) is 1.96. The topological polar surface area (TPSA) is 49.1 Å². The molecule has 21 heavy (non-hydrogen) atoms. The minimum atomic E-state index is -0.0749. The van der Waals surface area contributed by atoms with Gasteiger partial charge in [0.15, 0.2) is 5.58 Å². The minimum absolute atomic E-state index is 0. The molecule has 5 radical (unpaired) electrons. The molecule has 0 aliphatic carbocycles. The maximum absolute atomic E-state index is 11.6. The first-order valence-corrected chi connectivity index (χ1v) is 6.38. The van der Waals surface area contributed by atoms with E-state index in [1.807, 2.05) is 24.3 Å². The number of rotatable bonds is 1. The van der Waals surface area contributed by atoms with E-state index in [0.717, 1.165) is 5.52 Å². The van der Waals surface area contributed by atoms with Gasteiger partial charge in [-0.3, -0.25) is 0 Å². The van der Waals surface area contributed by atoms with Crippen molar-refractivity contribution < 1.29 is 9.52 Å². The Morgan fingerprint density at radius 1 is 0.905 bits per heavy atom. The Bertz CT molecular complexity index is 617. The zero-order chi connectivity index (χ0) is 15.0. The molecule has 1 aromatic heterocycles. The summed E-state index contributed by atoms with van der Waals surface area (Å²) < 4.78 is 5.52. The Kier molecular flexibility index (Phi) is 9.33. The Hall–Kier alpha value is -1.65. The minimum Gasteiger partial charge on any atom is -0.872 e. The van der Waals surface area contributed by atoms with Gasteiger partial charge in [0.2, 0.25) is 5.89 Å². The summed E-state index contributed by atoms with van der Waals surface area (Å²) in [7, 11) is 0. The second kappa shape index (κ2) is 10.1. The molecular formula is C17H18GaNO2-. The molecule has 0 saturated heterocycles. The maximum Gasteiger partial charge on any atom is 0.226 e. The van der Waals surface area contributed by atoms with E-state index in [9.17, 15) is 5.11 Å². The molecule has 0 spiro atoms. The Morgan fingerprint density at radius 3 is 2.10 bits per heavy atom. The van der Waals surface area contributed by atoms with Crippen LogP contribution in [-0.2, 0) is 0 Å². The average molecular weight is 338 g/mol. The van der Waals surface area contributed by atoms with Gasteiger partial charge in [-0.15, -0.1) is 0 Å². The summed E-state index contributed by atoms with van der Waals surface area (Å²) in [6.07, 6.45) is 0. The Balaban J connectivity index is 0.000000741. The normalized spacial score (nSPS) is 8.76. The SMILES string of the molecule is [CH2]C.[CH2]C.[Ga].[O-]c1ccccc1-c1nc2ccccc2o1. The molecule has 0 aliphatic heterocycles. The van der Waals surface area contributed by atoms with E-state index in [2.05, 4.69) is 18.8 Å². The average Bonchev–Trinajstić information content (AvgIpc) is 2.95. The van der Waals surface area contributed by atoms with Crippen LogP contribution in [0, 0.1) is 13.8 Å². The fourth-order valence-electron chi connectivity index (χ4n) is 1.63. The van der Waals surface area contributed by atoms with Crippen molar-refractivity contribution >= 4 is 30.9 Å². The fraction of sp³-hybridized carbons (Fsp3) is 0.118. The van der Waals surface area contributed by atoms with Crippen LogP contribution in [0.3, 0.4) is 0 Å². The quantitative estimate of drug-likeness (QED) is 0.633. The third-order valence-corrected chi connectivity index (χ3v) is 2.41. The second-order valence-corrected chi connectivity index (χ2v) is 3.48. The van der Waals surface area contributed by atoms with Gasteiger partial charge in [0.25, 0.3) is 0 Å². The van der Waals surface area contributed by atoms with E-state index in [1.54, 1.807) is 32.0 Å². The molecule has 0 bridgehead atoms. The number of aromatic nitrogens is 1. The van der Waals surface area contributed by atoms with E-state index in [4.69, 9.17) is 4.42 Å². The molecule has 0 atom stereocenters. The molecule has 3 aromatic rings. The van der Waals surface area contributed by atoms with Crippen LogP contribution in [0.15, 0.2) is 52.9 Å². The molecule has 0 N–H and O–H groups in total. The van der Waals surface area contributed by atoms with Crippen molar-refractivity contribution in [2.45, 2.75) is 13.8 Å². The molecule has 0 unspecified atom stereocenters. The number of fused-ring (bicyclic) bond motifs is 1. The first kappa shape index (κ1) is 19.3. The van der Waals surface area contributed by atoms with E-state index in [-0.39, 0.29) is 25.5 Å². The third-order valence-electron chi connectivity index (χ3n) is 2.41. The van der Waals surface area contributed by atoms with E-state index >= 15 is 0 Å². The summed E-state index contributed by atoms with van der Waals surface area (Å²) in [4.78, 5) is 4.28. The van der Waals surface area contributed by atoms with Crippen molar-refractivity contribution in [3.05, 3.63) is 62.4 Å². The smallest absolute Gasteiger partial charge is 0.226 e. The number of hydrogen-bond donors (Lipinski definition) is 0. The molecule has 0 fully saturated rings. The zero-order valence-electron chi connectivity index (χ0n) is 12.4. The largest absolute Gasteiger partial charge is 0.872 e. The van der Waals surface area contributed by atoms with Crippen LogP contribution in [0.2, 0.25) is 0 Å². The monoisotopic (exact) mass is 337 g/mol. The van der Waals surface area contributed by atoms with E-state index in [1.165, 1.54) is 6.07 Å². The summed E-state index contributed by atoms with van der Waals surface area (Å²) in [6, 6.07) is 14.2. The summed E-state index contributed by atoms with van der Waals surface area (Å²) >= 11 is 0. The molecule has 2 aromatic carbocycles. The van der Waals surface area contributed by atoms with Crippen LogP contribution in [0.5, 0.6) is 5.75 Å². The van der Waals surface area contributed by atoms with Crippen molar-refractivity contribution in [3.8, 4) is 17.2 Å². The second-order valence-electron chi connectivity index (χ2n) is 3.48. The third kappa shape index (κ3) is 4.69. The van der Waals surface area contributed by atoms with Crippen molar-refractivity contribution in [3.63, 3.8) is 0 Å². The van der Waals surface area contributed by atoms with Gasteiger partial charge in [-0.1, -0.05) is 69.8 Å². The molecule has 3 nitrogen and oxygen atoms in total. The van der Waals surface area contributed by atoms with E-state index in [0.29, 0.717) is 17.0 Å². The number of benzene rings is 2. The van der Waals surface area contributed by atoms with Gasteiger partial charge in [-0.2, -0.15) is 0 Å². The summed E-state index contributed by atoms with van der Waals surface area (Å²) in [6.45, 7) is 10.0. The van der Waals surface area contributed by atoms with E-state index < -0.39 is 0 Å². The molecule has 0 amide bonds. The van der Waals surface area contributed by atoms with Gasteiger partial charge < -0.3 is 9.52 Å². The molecule has 1 heterocycles. The van der Waals surface area contributed by atoms with Gasteiger partial charge in [-0.25, -0.2) is 4.98 Å². The number of hydrogen-bond acceptors (Lipinski definition) is 3. The van der Waals surface area contributed by atoms with Crippen LogP contribution < -0.4 is 5.11 Å². The number of para-hydroxylation sites is 3. The fourth-order valence-corrected chi connectivity index (χ4v) is 1.63. The molecule has 3 rings (SSSR count). The predicted molar refractivity (Wildman–Crippen MR) is 86.7 cm³/mol. The predicted octanol–water partition coefficient (Wildman–Crippen LogP) is 3.87. The van der Waals surface area contributed by atoms with Gasteiger partial charge in [-0.05, 0) is 12.1 Å².